The summed E-state index contributed by atoms with van der Waals surface area (Å²) in [6, 6.07) is 9.53. The summed E-state index contributed by atoms with van der Waals surface area (Å²) in [6.07, 6.45) is 3.93. The standard InChI is InChI=1S/C41H60FNO9/c1-8-35-32(25-42)22-26(2)17-18-33(45)27(3)23-31(19-20-44)39(28(4)34(46)24-36(47)51-35)52-41-38(48)37(43(6)7)40(29(5)50-41)49-21-13-12-16-30-14-10-9-11-15-30/h9-15,17-18,20,22,27-29,31-32,34-35,37-41,46,48H,8,16,19,21,23-25H2,1-7H3/b13-12+,18-17+,26-22+/t27-,28+,29-,31+,32-,34-,35-,37-,38-,39-,40-,41+/m1/s1. The lowest BCUT2D eigenvalue weighted by Gasteiger charge is -2.48. The smallest absolute Gasteiger partial charge is 0.308 e. The third-order valence-corrected chi connectivity index (χ3v) is 10.2. The van der Waals surface area contributed by atoms with Crippen LogP contribution in [0.3, 0.4) is 0 Å². The highest BCUT2D eigenvalue weighted by molar-refractivity contribution is 5.91. The molecule has 12 atom stereocenters. The number of rotatable bonds is 12. The highest BCUT2D eigenvalue weighted by Gasteiger charge is 2.48. The Balaban J connectivity index is 1.88. The monoisotopic (exact) mass is 729 g/mol. The van der Waals surface area contributed by atoms with Gasteiger partial charge in [0, 0.05) is 24.2 Å². The van der Waals surface area contributed by atoms with Crippen LogP contribution in [-0.4, -0.2) is 109 Å². The van der Waals surface area contributed by atoms with Gasteiger partial charge >= 0.3 is 5.97 Å². The minimum Gasteiger partial charge on any atom is -0.462 e. The molecule has 3 rings (SSSR count). The average Bonchev–Trinajstić information content (AvgIpc) is 3.11. The van der Waals surface area contributed by atoms with Gasteiger partial charge in [-0.25, -0.2) is 0 Å². The number of cyclic esters (lactones) is 1. The second-order valence-electron chi connectivity index (χ2n) is 14.5. The number of carbonyl (C=O) groups is 3. The molecule has 0 aliphatic carbocycles. The molecule has 11 heteroatoms. The number of benzene rings is 1. The second-order valence-corrected chi connectivity index (χ2v) is 14.5. The maximum absolute atomic E-state index is 14.1. The topological polar surface area (TPSA) is 132 Å². The number of hydrogen-bond acceptors (Lipinski definition) is 10. The van der Waals surface area contributed by atoms with Crippen LogP contribution < -0.4 is 0 Å². The summed E-state index contributed by atoms with van der Waals surface area (Å²) in [6.45, 7) is 8.35. The fourth-order valence-electron chi connectivity index (χ4n) is 7.18. The first kappa shape index (κ1) is 43.3. The van der Waals surface area contributed by atoms with Crippen LogP contribution >= 0.6 is 0 Å². The molecule has 2 heterocycles. The molecule has 1 saturated heterocycles. The van der Waals surface area contributed by atoms with Crippen LogP contribution in [0.4, 0.5) is 4.39 Å². The van der Waals surface area contributed by atoms with E-state index in [9.17, 15) is 29.0 Å². The van der Waals surface area contributed by atoms with E-state index in [1.807, 2.05) is 56.3 Å². The number of aliphatic hydroxyl groups is 2. The summed E-state index contributed by atoms with van der Waals surface area (Å²) in [5.74, 6) is -3.50. The first-order chi connectivity index (χ1) is 24.8. The number of allylic oxidation sites excluding steroid dienone is 4. The molecule has 0 unspecified atom stereocenters. The number of ether oxygens (including phenoxy) is 4. The van der Waals surface area contributed by atoms with Crippen molar-refractivity contribution in [2.45, 2.75) is 116 Å². The second kappa shape index (κ2) is 21.6. The van der Waals surface area contributed by atoms with Crippen LogP contribution in [0.15, 0.2) is 66.3 Å². The van der Waals surface area contributed by atoms with Gasteiger partial charge in [0.2, 0.25) is 0 Å². The highest BCUT2D eigenvalue weighted by atomic mass is 19.1. The van der Waals surface area contributed by atoms with Crippen molar-refractivity contribution in [2.24, 2.45) is 23.7 Å². The number of carbonyl (C=O) groups excluding carboxylic acids is 3. The SMILES string of the molecule is CC[C@H]1OC(=O)C[C@@H](O)[C@H](C)[C@@H](O[C@@H]2O[C@H](C)[C@@H](OC/C=C/Cc3ccccc3)[C@H](N(C)C)[C@H]2O)[C@@H](CC=O)C[C@@H](C)C(=O)/C=C/C(C)=C/[C@@H]1CF. The molecular formula is C41H60FNO9. The van der Waals surface area contributed by atoms with Gasteiger partial charge < -0.3 is 38.9 Å². The Morgan fingerprint density at radius 1 is 1.04 bits per heavy atom. The molecule has 0 aromatic heterocycles. The third kappa shape index (κ3) is 12.5. The Labute approximate surface area is 309 Å². The van der Waals surface area contributed by atoms with Crippen molar-refractivity contribution < 1.29 is 47.9 Å². The summed E-state index contributed by atoms with van der Waals surface area (Å²) in [5, 5.41) is 23.2. The fourth-order valence-corrected chi connectivity index (χ4v) is 7.18. The number of aldehydes is 1. The van der Waals surface area contributed by atoms with Gasteiger partial charge in [0.25, 0.3) is 0 Å². The predicted molar refractivity (Wildman–Crippen MR) is 197 cm³/mol. The van der Waals surface area contributed by atoms with Gasteiger partial charge in [-0.3, -0.25) is 14.0 Å². The Kier molecular flexibility index (Phi) is 18.0. The highest BCUT2D eigenvalue weighted by Crippen LogP contribution is 2.35. The number of likely N-dealkylation sites (N-methyl/N-ethyl adjacent to an activating group) is 1. The number of nitrogens with zero attached hydrogens (tertiary/aromatic N) is 1. The van der Waals surface area contributed by atoms with Crippen molar-refractivity contribution in [3.8, 4) is 0 Å². The zero-order chi connectivity index (χ0) is 38.4. The quantitative estimate of drug-likeness (QED) is 0.168. The zero-order valence-electron chi connectivity index (χ0n) is 31.8. The molecule has 1 aromatic carbocycles. The predicted octanol–water partition coefficient (Wildman–Crippen LogP) is 5.20. The summed E-state index contributed by atoms with van der Waals surface area (Å²) in [7, 11) is 3.66. The minimum absolute atomic E-state index is 0.000936. The maximum atomic E-state index is 14.1. The summed E-state index contributed by atoms with van der Waals surface area (Å²) in [5.41, 5.74) is 1.82. The van der Waals surface area contributed by atoms with Gasteiger partial charge in [0.1, 0.15) is 24.6 Å². The molecule has 2 aliphatic heterocycles. The van der Waals surface area contributed by atoms with Crippen LogP contribution in [0.2, 0.25) is 0 Å². The van der Waals surface area contributed by atoms with E-state index in [1.54, 1.807) is 39.8 Å². The van der Waals surface area contributed by atoms with E-state index in [0.717, 1.165) is 12.7 Å². The lowest BCUT2D eigenvalue weighted by molar-refractivity contribution is -0.308. The minimum atomic E-state index is -1.29. The summed E-state index contributed by atoms with van der Waals surface area (Å²) >= 11 is 0. The number of aliphatic hydroxyl groups excluding tert-OH is 2. The molecule has 2 N–H and O–H groups in total. The van der Waals surface area contributed by atoms with E-state index in [1.165, 1.54) is 11.6 Å². The van der Waals surface area contributed by atoms with E-state index in [-0.39, 0.29) is 18.6 Å². The molecule has 0 radical (unpaired) electrons. The molecule has 0 amide bonds. The van der Waals surface area contributed by atoms with E-state index < -0.39 is 91.7 Å². The number of ketones is 1. The van der Waals surface area contributed by atoms with Crippen LogP contribution in [0, 0.1) is 23.7 Å². The number of esters is 1. The van der Waals surface area contributed by atoms with Crippen molar-refractivity contribution in [1.82, 2.24) is 4.90 Å². The first-order valence-electron chi connectivity index (χ1n) is 18.5. The van der Waals surface area contributed by atoms with E-state index >= 15 is 0 Å². The van der Waals surface area contributed by atoms with Gasteiger partial charge in [0.15, 0.2) is 12.1 Å². The Hall–Kier alpha value is -3.06. The molecule has 0 spiro atoms. The van der Waals surface area contributed by atoms with E-state index in [2.05, 4.69) is 12.1 Å². The Bertz CT molecular complexity index is 1350. The first-order valence-corrected chi connectivity index (χ1v) is 18.5. The largest absolute Gasteiger partial charge is 0.462 e. The van der Waals surface area contributed by atoms with Crippen molar-refractivity contribution in [2.75, 3.05) is 27.4 Å². The molecule has 0 saturated carbocycles. The van der Waals surface area contributed by atoms with Crippen molar-refractivity contribution >= 4 is 18.0 Å². The molecule has 1 aromatic rings. The molecular weight excluding hydrogens is 669 g/mol. The fraction of sp³-hybridized carbons (Fsp3) is 0.634. The van der Waals surface area contributed by atoms with Crippen LogP contribution in [0.25, 0.3) is 0 Å². The van der Waals surface area contributed by atoms with Crippen molar-refractivity contribution in [1.29, 1.82) is 0 Å². The van der Waals surface area contributed by atoms with E-state index in [0.29, 0.717) is 18.6 Å². The Morgan fingerprint density at radius 3 is 2.38 bits per heavy atom. The molecule has 10 nitrogen and oxygen atoms in total. The van der Waals surface area contributed by atoms with Crippen LogP contribution in [0.5, 0.6) is 0 Å². The zero-order valence-corrected chi connectivity index (χ0v) is 31.8. The van der Waals surface area contributed by atoms with Gasteiger partial charge in [0.05, 0.1) is 44.1 Å². The molecule has 52 heavy (non-hydrogen) atoms. The van der Waals surface area contributed by atoms with E-state index in [4.69, 9.17) is 18.9 Å². The number of alkyl halides is 1. The summed E-state index contributed by atoms with van der Waals surface area (Å²) in [4.78, 5) is 40.3. The average molecular weight is 730 g/mol. The maximum Gasteiger partial charge on any atom is 0.308 e. The Morgan fingerprint density at radius 2 is 1.75 bits per heavy atom. The lowest BCUT2D eigenvalue weighted by atomic mass is 9.79. The van der Waals surface area contributed by atoms with Crippen molar-refractivity contribution in [3.05, 3.63) is 71.8 Å². The van der Waals surface area contributed by atoms with Crippen molar-refractivity contribution in [3.63, 3.8) is 0 Å². The molecule has 290 valence electrons. The molecule has 2 aliphatic rings. The van der Waals surface area contributed by atoms with Gasteiger partial charge in [-0.15, -0.1) is 0 Å². The van der Waals surface area contributed by atoms with Gasteiger partial charge in [-0.2, -0.15) is 0 Å². The third-order valence-electron chi connectivity index (χ3n) is 10.2. The van der Waals surface area contributed by atoms with Crippen LogP contribution in [-0.2, 0) is 39.8 Å². The lowest BCUT2D eigenvalue weighted by Crippen LogP contribution is -2.64. The summed E-state index contributed by atoms with van der Waals surface area (Å²) < 4.78 is 38.9. The van der Waals surface area contributed by atoms with Gasteiger partial charge in [-0.05, 0) is 64.8 Å². The molecule has 1 fully saturated rings. The normalized spacial score (nSPS) is 35.9. The van der Waals surface area contributed by atoms with Gasteiger partial charge in [-0.1, -0.05) is 81.0 Å². The number of halogens is 1. The molecule has 0 bridgehead atoms. The van der Waals surface area contributed by atoms with Crippen LogP contribution in [0.1, 0.15) is 65.9 Å². The number of hydrogen-bond donors (Lipinski definition) is 2.